The number of benzene rings is 2. The number of carbonyl (C=O) groups excluding carboxylic acids is 2. The first-order chi connectivity index (χ1) is 13.5. The maximum absolute atomic E-state index is 12.3. The Labute approximate surface area is 164 Å². The third-order valence-corrected chi connectivity index (χ3v) is 4.60. The van der Waals surface area contributed by atoms with Gasteiger partial charge in [-0.05, 0) is 30.7 Å². The lowest BCUT2D eigenvalue weighted by molar-refractivity contribution is -0.148. The fourth-order valence-electron chi connectivity index (χ4n) is 2.78. The first-order valence-electron chi connectivity index (χ1n) is 9.06. The molecule has 28 heavy (non-hydrogen) atoms. The van der Waals surface area contributed by atoms with Crippen LogP contribution in [0.5, 0.6) is 0 Å². The van der Waals surface area contributed by atoms with Crippen molar-refractivity contribution in [2.45, 2.75) is 13.0 Å². The molecule has 1 heterocycles. The third kappa shape index (κ3) is 4.82. The van der Waals surface area contributed by atoms with Gasteiger partial charge in [-0.1, -0.05) is 54.6 Å². The second-order valence-corrected chi connectivity index (χ2v) is 6.46. The van der Waals surface area contributed by atoms with Crippen molar-refractivity contribution in [3.05, 3.63) is 84.1 Å². The number of hydrogen-bond acceptors (Lipinski definition) is 4. The topological polar surface area (TPSA) is 59.5 Å². The number of nitrogens with zero attached hydrogens (tertiary/aromatic N) is 2. The van der Waals surface area contributed by atoms with E-state index in [0.717, 1.165) is 16.5 Å². The molecule has 1 aromatic heterocycles. The van der Waals surface area contributed by atoms with Crippen LogP contribution in [0.3, 0.4) is 0 Å². The summed E-state index contributed by atoms with van der Waals surface area (Å²) in [5.74, 6) is -0.842. The molecule has 0 spiro atoms. The molecule has 0 saturated heterocycles. The van der Waals surface area contributed by atoms with Crippen LogP contribution in [-0.4, -0.2) is 35.4 Å². The summed E-state index contributed by atoms with van der Waals surface area (Å²) in [6.07, 6.45) is 2.86. The van der Waals surface area contributed by atoms with E-state index in [0.29, 0.717) is 5.69 Å². The Kier molecular flexibility index (Phi) is 6.17. The van der Waals surface area contributed by atoms with E-state index in [-0.39, 0.29) is 18.6 Å². The van der Waals surface area contributed by atoms with Gasteiger partial charge in [0.2, 0.25) is 0 Å². The van der Waals surface area contributed by atoms with E-state index < -0.39 is 5.97 Å². The number of ether oxygens (including phenoxy) is 1. The van der Waals surface area contributed by atoms with Crippen LogP contribution in [0.2, 0.25) is 0 Å². The SMILES string of the molecule is CC(c1ccccc1)N(C)C(=O)COC(=O)/C=C/c1ccc2ccccc2n1. The smallest absolute Gasteiger partial charge is 0.331 e. The predicted octanol–water partition coefficient (Wildman–Crippen LogP) is 4.01. The van der Waals surface area contributed by atoms with Gasteiger partial charge in [-0.25, -0.2) is 9.78 Å². The van der Waals surface area contributed by atoms with Gasteiger partial charge in [0, 0.05) is 18.5 Å². The minimum Gasteiger partial charge on any atom is -0.452 e. The highest BCUT2D eigenvalue weighted by molar-refractivity contribution is 5.89. The molecule has 0 saturated carbocycles. The number of aromatic nitrogens is 1. The van der Waals surface area contributed by atoms with Gasteiger partial charge in [0.25, 0.3) is 5.91 Å². The lowest BCUT2D eigenvalue weighted by Gasteiger charge is -2.25. The van der Waals surface area contributed by atoms with Crippen molar-refractivity contribution in [3.8, 4) is 0 Å². The van der Waals surface area contributed by atoms with E-state index in [4.69, 9.17) is 4.74 Å². The fourth-order valence-corrected chi connectivity index (χ4v) is 2.78. The van der Waals surface area contributed by atoms with Gasteiger partial charge in [-0.15, -0.1) is 0 Å². The molecule has 2 aromatic carbocycles. The molecule has 5 nitrogen and oxygen atoms in total. The first-order valence-corrected chi connectivity index (χ1v) is 9.06. The lowest BCUT2D eigenvalue weighted by Crippen LogP contribution is -2.33. The summed E-state index contributed by atoms with van der Waals surface area (Å²) in [5.41, 5.74) is 2.52. The third-order valence-electron chi connectivity index (χ3n) is 4.60. The highest BCUT2D eigenvalue weighted by Crippen LogP contribution is 2.18. The van der Waals surface area contributed by atoms with Gasteiger partial charge in [0.15, 0.2) is 6.61 Å². The summed E-state index contributed by atoms with van der Waals surface area (Å²) in [5, 5.41) is 1.03. The van der Waals surface area contributed by atoms with E-state index in [1.54, 1.807) is 18.0 Å². The van der Waals surface area contributed by atoms with Gasteiger partial charge in [-0.3, -0.25) is 4.79 Å². The van der Waals surface area contributed by atoms with Gasteiger partial charge < -0.3 is 9.64 Å². The van der Waals surface area contributed by atoms with Crippen LogP contribution in [0.1, 0.15) is 24.2 Å². The molecule has 3 rings (SSSR count). The molecule has 0 radical (unpaired) electrons. The van der Waals surface area contributed by atoms with Crippen LogP contribution in [0.25, 0.3) is 17.0 Å². The van der Waals surface area contributed by atoms with Crippen LogP contribution in [0, 0.1) is 0 Å². The molecule has 3 aromatic rings. The van der Waals surface area contributed by atoms with Crippen LogP contribution in [-0.2, 0) is 14.3 Å². The molecule has 1 amide bonds. The van der Waals surface area contributed by atoms with Gasteiger partial charge in [0.05, 0.1) is 17.3 Å². The number of para-hydroxylation sites is 1. The number of likely N-dealkylation sites (N-methyl/N-ethyl adjacent to an activating group) is 1. The minimum atomic E-state index is -0.580. The minimum absolute atomic E-state index is 0.107. The molecule has 0 N–H and O–H groups in total. The van der Waals surface area contributed by atoms with E-state index in [1.807, 2.05) is 73.7 Å². The maximum Gasteiger partial charge on any atom is 0.331 e. The largest absolute Gasteiger partial charge is 0.452 e. The van der Waals surface area contributed by atoms with E-state index in [9.17, 15) is 9.59 Å². The van der Waals surface area contributed by atoms with Crippen molar-refractivity contribution in [3.63, 3.8) is 0 Å². The highest BCUT2D eigenvalue weighted by Gasteiger charge is 2.18. The van der Waals surface area contributed by atoms with Crippen LogP contribution in [0.15, 0.2) is 72.8 Å². The molecule has 0 aliphatic carbocycles. The zero-order valence-corrected chi connectivity index (χ0v) is 15.9. The Morgan fingerprint density at radius 1 is 1.04 bits per heavy atom. The summed E-state index contributed by atoms with van der Waals surface area (Å²) in [6, 6.07) is 21.1. The number of fused-ring (bicyclic) bond motifs is 1. The van der Waals surface area contributed by atoms with E-state index >= 15 is 0 Å². The first kappa shape index (κ1) is 19.3. The van der Waals surface area contributed by atoms with Crippen LogP contribution >= 0.6 is 0 Å². The monoisotopic (exact) mass is 374 g/mol. The average Bonchev–Trinajstić information content (AvgIpc) is 2.75. The highest BCUT2D eigenvalue weighted by atomic mass is 16.5. The molecule has 0 fully saturated rings. The Bertz CT molecular complexity index is 999. The standard InChI is InChI=1S/C23H22N2O3/c1-17(18-8-4-3-5-9-18)25(2)22(26)16-28-23(27)15-14-20-13-12-19-10-6-7-11-21(19)24-20/h3-15,17H,16H2,1-2H3/b15-14+. The molecule has 5 heteroatoms. The van der Waals surface area contributed by atoms with Crippen molar-refractivity contribution in [2.75, 3.05) is 13.7 Å². The molecule has 142 valence electrons. The average molecular weight is 374 g/mol. The lowest BCUT2D eigenvalue weighted by atomic mass is 10.1. The van der Waals surface area contributed by atoms with Crippen molar-refractivity contribution < 1.29 is 14.3 Å². The van der Waals surface area contributed by atoms with Crippen LogP contribution < -0.4 is 0 Å². The van der Waals surface area contributed by atoms with Crippen molar-refractivity contribution in [1.82, 2.24) is 9.88 Å². The molecule has 1 unspecified atom stereocenters. The summed E-state index contributed by atoms with van der Waals surface area (Å²) >= 11 is 0. The summed E-state index contributed by atoms with van der Waals surface area (Å²) in [6.45, 7) is 1.63. The number of carbonyl (C=O) groups is 2. The Morgan fingerprint density at radius 3 is 2.54 bits per heavy atom. The van der Waals surface area contributed by atoms with Crippen molar-refractivity contribution in [1.29, 1.82) is 0 Å². The zero-order valence-electron chi connectivity index (χ0n) is 15.9. The normalized spacial score (nSPS) is 12.1. The van der Waals surface area contributed by atoms with Gasteiger partial charge in [-0.2, -0.15) is 0 Å². The van der Waals surface area contributed by atoms with Crippen molar-refractivity contribution in [2.24, 2.45) is 0 Å². The summed E-state index contributed by atoms with van der Waals surface area (Å²) in [4.78, 5) is 30.3. The second kappa shape index (κ2) is 8.95. The Morgan fingerprint density at radius 2 is 1.75 bits per heavy atom. The molecule has 0 bridgehead atoms. The molecule has 1 atom stereocenters. The van der Waals surface area contributed by atoms with E-state index in [2.05, 4.69) is 4.98 Å². The van der Waals surface area contributed by atoms with Gasteiger partial charge >= 0.3 is 5.97 Å². The number of rotatable bonds is 6. The number of amides is 1. The number of hydrogen-bond donors (Lipinski definition) is 0. The quantitative estimate of drug-likeness (QED) is 0.483. The number of pyridine rings is 1. The predicted molar refractivity (Wildman–Crippen MR) is 109 cm³/mol. The molecular formula is C23H22N2O3. The summed E-state index contributed by atoms with van der Waals surface area (Å²) in [7, 11) is 1.70. The zero-order chi connectivity index (χ0) is 19.9. The van der Waals surface area contributed by atoms with Gasteiger partial charge in [0.1, 0.15) is 0 Å². The Balaban J connectivity index is 1.54. The van der Waals surface area contributed by atoms with E-state index in [1.165, 1.54) is 6.08 Å². The fraction of sp³-hybridized carbons (Fsp3) is 0.174. The molecule has 0 aliphatic heterocycles. The molecular weight excluding hydrogens is 352 g/mol. The number of esters is 1. The maximum atomic E-state index is 12.3. The molecule has 0 aliphatic rings. The second-order valence-electron chi connectivity index (χ2n) is 6.46. The van der Waals surface area contributed by atoms with Crippen molar-refractivity contribution >= 4 is 28.9 Å². The van der Waals surface area contributed by atoms with Crippen LogP contribution in [0.4, 0.5) is 0 Å². The Hall–Kier alpha value is -3.47. The summed E-state index contributed by atoms with van der Waals surface area (Å²) < 4.78 is 5.08.